The fraction of sp³-hybridized carbons (Fsp3) is 0.364. The van der Waals surface area contributed by atoms with E-state index in [9.17, 15) is 9.18 Å². The summed E-state index contributed by atoms with van der Waals surface area (Å²) in [6, 6.07) is 2.48. The van der Waals surface area contributed by atoms with Gasteiger partial charge in [-0.2, -0.15) is 0 Å². The van der Waals surface area contributed by atoms with Gasteiger partial charge in [0.15, 0.2) is 5.78 Å². The number of anilines is 1. The number of ketones is 1. The first kappa shape index (κ1) is 10.6. The minimum atomic E-state index is -0.435. The summed E-state index contributed by atoms with van der Waals surface area (Å²) in [5, 5.41) is 0. The van der Waals surface area contributed by atoms with Crippen molar-refractivity contribution in [2.24, 2.45) is 5.92 Å². The number of Topliss-reactive ketones (excluding diaryl/α,β-unsaturated/α-hetero) is 1. The van der Waals surface area contributed by atoms with E-state index in [4.69, 9.17) is 5.73 Å². The van der Waals surface area contributed by atoms with Gasteiger partial charge >= 0.3 is 0 Å². The predicted octanol–water partition coefficient (Wildman–Crippen LogP) is 3.15. The molecule has 0 bridgehead atoms. The Balaban J connectivity index is 2.28. The number of hydrogen-bond acceptors (Lipinski definition) is 2. The molecule has 2 rings (SSSR count). The van der Waals surface area contributed by atoms with Crippen molar-refractivity contribution >= 4 is 27.4 Å². The van der Waals surface area contributed by atoms with Crippen LogP contribution in [0.25, 0.3) is 0 Å². The third-order valence-electron chi connectivity index (χ3n) is 2.57. The summed E-state index contributed by atoms with van der Waals surface area (Å²) in [6.07, 6.45) is 2.68. The summed E-state index contributed by atoms with van der Waals surface area (Å²) in [6.45, 7) is 0. The Hall–Kier alpha value is -0.900. The molecule has 0 spiro atoms. The lowest BCUT2D eigenvalue weighted by molar-refractivity contribution is 0.0976. The zero-order valence-corrected chi connectivity index (χ0v) is 9.68. The summed E-state index contributed by atoms with van der Waals surface area (Å²) < 4.78 is 13.5. The average molecular weight is 272 g/mol. The summed E-state index contributed by atoms with van der Waals surface area (Å²) in [5.41, 5.74) is 6.35. The van der Waals surface area contributed by atoms with E-state index in [2.05, 4.69) is 15.9 Å². The first-order valence-corrected chi connectivity index (χ1v) is 5.65. The Morgan fingerprint density at radius 2 is 2.20 bits per heavy atom. The number of nitrogens with two attached hydrogens (primary N) is 1. The van der Waals surface area contributed by atoms with Crippen LogP contribution in [-0.4, -0.2) is 5.78 Å². The lowest BCUT2D eigenvalue weighted by Crippen LogP contribution is -2.06. The molecule has 1 aromatic rings. The molecule has 2 nitrogen and oxygen atoms in total. The normalized spacial score (nSPS) is 15.3. The van der Waals surface area contributed by atoms with E-state index in [0.717, 1.165) is 12.8 Å². The third kappa shape index (κ3) is 2.37. The standard InChI is InChI=1S/C11H11BrFNO/c12-9-5-7(13)4-8(11(9)14)10(15)3-6-1-2-6/h4-6H,1-3,14H2. The minimum absolute atomic E-state index is 0.0600. The van der Waals surface area contributed by atoms with E-state index in [1.54, 1.807) is 0 Å². The molecule has 0 saturated heterocycles. The van der Waals surface area contributed by atoms with Gasteiger partial charge in [-0.15, -0.1) is 0 Å². The highest BCUT2D eigenvalue weighted by Gasteiger charge is 2.26. The van der Waals surface area contributed by atoms with Crippen LogP contribution < -0.4 is 5.73 Å². The van der Waals surface area contributed by atoms with Crippen LogP contribution in [0.3, 0.4) is 0 Å². The van der Waals surface area contributed by atoms with E-state index in [0.29, 0.717) is 28.1 Å². The summed E-state index contributed by atoms with van der Waals surface area (Å²) in [5.74, 6) is -0.00985. The third-order valence-corrected chi connectivity index (χ3v) is 3.22. The summed E-state index contributed by atoms with van der Waals surface area (Å²) >= 11 is 3.13. The molecule has 1 saturated carbocycles. The molecular weight excluding hydrogens is 261 g/mol. The van der Waals surface area contributed by atoms with Crippen molar-refractivity contribution in [3.63, 3.8) is 0 Å². The number of rotatable bonds is 3. The first-order valence-electron chi connectivity index (χ1n) is 4.85. The molecule has 0 amide bonds. The van der Waals surface area contributed by atoms with Crippen molar-refractivity contribution in [1.82, 2.24) is 0 Å². The van der Waals surface area contributed by atoms with Crippen molar-refractivity contribution in [3.05, 3.63) is 28.0 Å². The van der Waals surface area contributed by atoms with E-state index in [1.807, 2.05) is 0 Å². The van der Waals surface area contributed by atoms with Gasteiger partial charge in [0.25, 0.3) is 0 Å². The van der Waals surface area contributed by atoms with E-state index in [1.165, 1.54) is 12.1 Å². The van der Waals surface area contributed by atoms with Crippen molar-refractivity contribution in [1.29, 1.82) is 0 Å². The van der Waals surface area contributed by atoms with Crippen LogP contribution in [0.4, 0.5) is 10.1 Å². The maximum atomic E-state index is 13.1. The van der Waals surface area contributed by atoms with E-state index in [-0.39, 0.29) is 5.78 Å². The fourth-order valence-electron chi connectivity index (χ4n) is 1.51. The van der Waals surface area contributed by atoms with Crippen molar-refractivity contribution in [2.45, 2.75) is 19.3 Å². The molecule has 4 heteroatoms. The fourth-order valence-corrected chi connectivity index (χ4v) is 1.94. The second-order valence-corrected chi connectivity index (χ2v) is 4.77. The number of nitrogen functional groups attached to an aromatic ring is 1. The lowest BCUT2D eigenvalue weighted by atomic mass is 10.0. The van der Waals surface area contributed by atoms with Gasteiger partial charge in [0, 0.05) is 16.5 Å². The van der Waals surface area contributed by atoms with Crippen LogP contribution >= 0.6 is 15.9 Å². The molecule has 1 fully saturated rings. The maximum absolute atomic E-state index is 13.1. The molecule has 0 radical (unpaired) electrons. The smallest absolute Gasteiger partial charge is 0.165 e. The van der Waals surface area contributed by atoms with E-state index < -0.39 is 5.82 Å². The quantitative estimate of drug-likeness (QED) is 0.678. The van der Waals surface area contributed by atoms with Gasteiger partial charge in [-0.3, -0.25) is 4.79 Å². The predicted molar refractivity (Wildman–Crippen MR) is 60.2 cm³/mol. The Morgan fingerprint density at radius 3 is 2.80 bits per heavy atom. The van der Waals surface area contributed by atoms with Gasteiger partial charge in [-0.25, -0.2) is 4.39 Å². The van der Waals surface area contributed by atoms with Crippen LogP contribution in [0.5, 0.6) is 0 Å². The first-order chi connectivity index (χ1) is 7.08. The Labute approximate surface area is 95.8 Å². The zero-order chi connectivity index (χ0) is 11.0. The Morgan fingerprint density at radius 1 is 1.53 bits per heavy atom. The molecule has 0 aliphatic heterocycles. The topological polar surface area (TPSA) is 43.1 Å². The van der Waals surface area contributed by atoms with Gasteiger partial charge in [0.2, 0.25) is 0 Å². The van der Waals surface area contributed by atoms with Crippen LogP contribution in [0, 0.1) is 11.7 Å². The van der Waals surface area contributed by atoms with Gasteiger partial charge < -0.3 is 5.73 Å². The Bertz CT molecular complexity index is 415. The van der Waals surface area contributed by atoms with Crippen LogP contribution in [0.15, 0.2) is 16.6 Å². The minimum Gasteiger partial charge on any atom is -0.397 e. The van der Waals surface area contributed by atoms with Gasteiger partial charge in [-0.1, -0.05) is 0 Å². The second kappa shape index (κ2) is 3.93. The largest absolute Gasteiger partial charge is 0.397 e. The average Bonchev–Trinajstić information content (AvgIpc) is 2.94. The van der Waals surface area contributed by atoms with Gasteiger partial charge in [0.1, 0.15) is 5.82 Å². The molecule has 0 unspecified atom stereocenters. The van der Waals surface area contributed by atoms with Gasteiger partial charge in [0.05, 0.1) is 5.69 Å². The lowest BCUT2D eigenvalue weighted by Gasteiger charge is -2.06. The molecular formula is C11H11BrFNO. The Kier molecular flexibility index (Phi) is 2.78. The van der Waals surface area contributed by atoms with Crippen molar-refractivity contribution < 1.29 is 9.18 Å². The molecule has 1 aromatic carbocycles. The maximum Gasteiger partial charge on any atom is 0.165 e. The molecule has 15 heavy (non-hydrogen) atoms. The molecule has 1 aliphatic rings. The van der Waals surface area contributed by atoms with E-state index >= 15 is 0 Å². The summed E-state index contributed by atoms with van der Waals surface area (Å²) in [7, 11) is 0. The zero-order valence-electron chi connectivity index (χ0n) is 8.09. The van der Waals surface area contributed by atoms with Crippen molar-refractivity contribution in [3.8, 4) is 0 Å². The van der Waals surface area contributed by atoms with Crippen LogP contribution in [0.1, 0.15) is 29.6 Å². The number of carbonyl (C=O) groups excluding carboxylic acids is 1. The highest BCUT2D eigenvalue weighted by atomic mass is 79.9. The number of carbonyl (C=O) groups is 1. The molecule has 1 aliphatic carbocycles. The van der Waals surface area contributed by atoms with Crippen LogP contribution in [0.2, 0.25) is 0 Å². The SMILES string of the molecule is Nc1c(Br)cc(F)cc1C(=O)CC1CC1. The molecule has 0 heterocycles. The van der Waals surface area contributed by atoms with Crippen LogP contribution in [-0.2, 0) is 0 Å². The molecule has 80 valence electrons. The number of hydrogen-bond donors (Lipinski definition) is 1. The second-order valence-electron chi connectivity index (χ2n) is 3.92. The molecule has 0 aromatic heterocycles. The van der Waals surface area contributed by atoms with Gasteiger partial charge in [-0.05, 0) is 46.8 Å². The summed E-state index contributed by atoms with van der Waals surface area (Å²) in [4.78, 5) is 11.8. The highest BCUT2D eigenvalue weighted by Crippen LogP contribution is 2.35. The molecule has 2 N–H and O–H groups in total. The number of halogens is 2. The monoisotopic (exact) mass is 271 g/mol. The van der Waals surface area contributed by atoms with Crippen molar-refractivity contribution in [2.75, 3.05) is 5.73 Å². The number of benzene rings is 1. The highest BCUT2D eigenvalue weighted by molar-refractivity contribution is 9.10. The molecule has 0 atom stereocenters.